The largest absolute Gasteiger partial charge is 0.389 e. The van der Waals surface area contributed by atoms with Crippen molar-refractivity contribution in [3.63, 3.8) is 0 Å². The third-order valence-corrected chi connectivity index (χ3v) is 3.43. The van der Waals surface area contributed by atoms with E-state index < -0.39 is 6.10 Å². The zero-order valence-electron chi connectivity index (χ0n) is 12.8. The SMILES string of the molecule is CCCOCC(=O)N1CCN(c2cc(N)ncn2)C[C@@H](O)C1. The van der Waals surface area contributed by atoms with Gasteiger partial charge in [-0.3, -0.25) is 4.79 Å². The number of nitrogens with two attached hydrogens (primary N) is 1. The van der Waals surface area contributed by atoms with Crippen LogP contribution in [-0.2, 0) is 9.53 Å². The number of carbonyl (C=O) groups is 1. The molecule has 0 radical (unpaired) electrons. The van der Waals surface area contributed by atoms with Crippen LogP contribution in [-0.4, -0.2) is 71.4 Å². The highest BCUT2D eigenvalue weighted by atomic mass is 16.5. The second-order valence-corrected chi connectivity index (χ2v) is 5.29. The number of hydrogen-bond acceptors (Lipinski definition) is 7. The lowest BCUT2D eigenvalue weighted by Gasteiger charge is -2.22. The molecule has 3 N–H and O–H groups in total. The minimum atomic E-state index is -0.645. The monoisotopic (exact) mass is 309 g/mol. The number of nitrogens with zero attached hydrogens (tertiary/aromatic N) is 4. The van der Waals surface area contributed by atoms with E-state index in [1.807, 2.05) is 11.8 Å². The number of rotatable bonds is 5. The van der Waals surface area contributed by atoms with Gasteiger partial charge in [0.1, 0.15) is 24.6 Å². The molecule has 1 atom stereocenters. The molecule has 0 unspecified atom stereocenters. The first kappa shape index (κ1) is 16.4. The van der Waals surface area contributed by atoms with Gasteiger partial charge >= 0.3 is 0 Å². The Bertz CT molecular complexity index is 499. The molecule has 1 saturated heterocycles. The number of aliphatic hydroxyl groups excluding tert-OH is 1. The summed E-state index contributed by atoms with van der Waals surface area (Å²) >= 11 is 0. The minimum Gasteiger partial charge on any atom is -0.389 e. The number of anilines is 2. The second kappa shape index (κ2) is 7.90. The Labute approximate surface area is 129 Å². The topological polar surface area (TPSA) is 105 Å². The lowest BCUT2D eigenvalue weighted by Crippen LogP contribution is -2.39. The Balaban J connectivity index is 1.96. The molecule has 1 aromatic heterocycles. The van der Waals surface area contributed by atoms with Crippen molar-refractivity contribution in [1.82, 2.24) is 14.9 Å². The zero-order chi connectivity index (χ0) is 15.9. The van der Waals surface area contributed by atoms with E-state index in [-0.39, 0.29) is 12.5 Å². The molecule has 8 nitrogen and oxygen atoms in total. The van der Waals surface area contributed by atoms with Crippen molar-refractivity contribution in [3.8, 4) is 0 Å². The number of amides is 1. The fraction of sp³-hybridized carbons (Fsp3) is 0.643. The maximum atomic E-state index is 12.1. The molecule has 8 heteroatoms. The lowest BCUT2D eigenvalue weighted by molar-refractivity contribution is -0.137. The summed E-state index contributed by atoms with van der Waals surface area (Å²) in [6, 6.07) is 1.66. The highest BCUT2D eigenvalue weighted by Crippen LogP contribution is 2.15. The van der Waals surface area contributed by atoms with Gasteiger partial charge in [0.15, 0.2) is 0 Å². The van der Waals surface area contributed by atoms with Crippen LogP contribution in [0.2, 0.25) is 0 Å². The molecule has 1 fully saturated rings. The van der Waals surface area contributed by atoms with Gasteiger partial charge in [0.05, 0.1) is 6.10 Å². The van der Waals surface area contributed by atoms with Gasteiger partial charge in [-0.1, -0.05) is 6.92 Å². The summed E-state index contributed by atoms with van der Waals surface area (Å²) in [6.07, 6.45) is 1.62. The molecule has 1 aliphatic heterocycles. The van der Waals surface area contributed by atoms with Crippen molar-refractivity contribution < 1.29 is 14.6 Å². The van der Waals surface area contributed by atoms with E-state index >= 15 is 0 Å². The van der Waals surface area contributed by atoms with Crippen LogP contribution in [0.4, 0.5) is 11.6 Å². The molecular formula is C14H23N5O3. The molecule has 1 aromatic rings. The molecule has 1 amide bonds. The van der Waals surface area contributed by atoms with Crippen LogP contribution in [0.3, 0.4) is 0 Å². The zero-order valence-corrected chi connectivity index (χ0v) is 12.8. The molecule has 0 aromatic carbocycles. The van der Waals surface area contributed by atoms with E-state index in [0.717, 1.165) is 6.42 Å². The van der Waals surface area contributed by atoms with E-state index in [0.29, 0.717) is 44.4 Å². The van der Waals surface area contributed by atoms with Gasteiger partial charge in [-0.05, 0) is 6.42 Å². The molecular weight excluding hydrogens is 286 g/mol. The third kappa shape index (κ3) is 4.54. The van der Waals surface area contributed by atoms with Gasteiger partial charge in [-0.25, -0.2) is 9.97 Å². The number of ether oxygens (including phenoxy) is 1. The van der Waals surface area contributed by atoms with Crippen LogP contribution >= 0.6 is 0 Å². The number of aliphatic hydroxyl groups is 1. The number of hydrogen-bond donors (Lipinski definition) is 2. The Morgan fingerprint density at radius 2 is 2.27 bits per heavy atom. The first-order chi connectivity index (χ1) is 10.6. The van der Waals surface area contributed by atoms with Crippen molar-refractivity contribution in [2.45, 2.75) is 19.4 Å². The van der Waals surface area contributed by atoms with Crippen molar-refractivity contribution in [2.75, 3.05) is 50.0 Å². The molecule has 2 rings (SSSR count). The molecule has 0 bridgehead atoms. The molecule has 22 heavy (non-hydrogen) atoms. The fourth-order valence-corrected chi connectivity index (χ4v) is 2.35. The van der Waals surface area contributed by atoms with E-state index in [1.54, 1.807) is 11.0 Å². The predicted octanol–water partition coefficient (Wildman–Crippen LogP) is -0.505. The van der Waals surface area contributed by atoms with E-state index in [2.05, 4.69) is 9.97 Å². The van der Waals surface area contributed by atoms with Crippen LogP contribution in [0.25, 0.3) is 0 Å². The Morgan fingerprint density at radius 1 is 1.45 bits per heavy atom. The normalized spacial score (nSPS) is 19.1. The van der Waals surface area contributed by atoms with Crippen LogP contribution in [0, 0.1) is 0 Å². The summed E-state index contributed by atoms with van der Waals surface area (Å²) in [5, 5.41) is 10.1. The Kier molecular flexibility index (Phi) is 5.91. The Morgan fingerprint density at radius 3 is 3.00 bits per heavy atom. The summed E-state index contributed by atoms with van der Waals surface area (Å²) in [6.45, 7) is 4.39. The molecule has 0 saturated carbocycles. The van der Waals surface area contributed by atoms with Crippen LogP contribution < -0.4 is 10.6 Å². The van der Waals surface area contributed by atoms with Crippen molar-refractivity contribution in [1.29, 1.82) is 0 Å². The smallest absolute Gasteiger partial charge is 0.248 e. The standard InChI is InChI=1S/C14H23N5O3/c1-2-5-22-9-14(21)19-4-3-18(7-11(20)8-19)13-6-12(15)16-10-17-13/h6,10-11,20H,2-5,7-9H2,1H3,(H2,15,16,17)/t11-/m1/s1. The number of carbonyl (C=O) groups excluding carboxylic acids is 1. The van der Waals surface area contributed by atoms with Crippen molar-refractivity contribution >= 4 is 17.5 Å². The maximum absolute atomic E-state index is 12.1. The van der Waals surface area contributed by atoms with E-state index in [9.17, 15) is 9.90 Å². The van der Waals surface area contributed by atoms with E-state index in [1.165, 1.54) is 6.33 Å². The Hall–Kier alpha value is -1.93. The van der Waals surface area contributed by atoms with Gasteiger partial charge in [0, 0.05) is 38.9 Å². The summed E-state index contributed by atoms with van der Waals surface area (Å²) in [7, 11) is 0. The third-order valence-electron chi connectivity index (χ3n) is 3.43. The molecule has 0 spiro atoms. The van der Waals surface area contributed by atoms with Gasteiger partial charge in [-0.2, -0.15) is 0 Å². The fourth-order valence-electron chi connectivity index (χ4n) is 2.35. The summed E-state index contributed by atoms with van der Waals surface area (Å²) in [4.78, 5) is 23.7. The number of β-amino-alcohol motifs (C(OH)–C–C–N with tert-alkyl or cyclic N) is 1. The lowest BCUT2D eigenvalue weighted by atomic mass is 10.3. The van der Waals surface area contributed by atoms with Gasteiger partial charge in [0.25, 0.3) is 0 Å². The summed E-state index contributed by atoms with van der Waals surface area (Å²) in [5.41, 5.74) is 5.66. The molecule has 1 aliphatic rings. The summed E-state index contributed by atoms with van der Waals surface area (Å²) < 4.78 is 5.28. The van der Waals surface area contributed by atoms with Crippen molar-refractivity contribution in [2.24, 2.45) is 0 Å². The average molecular weight is 309 g/mol. The van der Waals surface area contributed by atoms with Gasteiger partial charge in [0.2, 0.25) is 5.91 Å². The molecule has 0 aliphatic carbocycles. The highest BCUT2D eigenvalue weighted by Gasteiger charge is 2.25. The first-order valence-corrected chi connectivity index (χ1v) is 7.46. The highest BCUT2D eigenvalue weighted by molar-refractivity contribution is 5.77. The van der Waals surface area contributed by atoms with Gasteiger partial charge < -0.3 is 25.4 Å². The van der Waals surface area contributed by atoms with Crippen LogP contribution in [0.5, 0.6) is 0 Å². The van der Waals surface area contributed by atoms with Crippen molar-refractivity contribution in [3.05, 3.63) is 12.4 Å². The minimum absolute atomic E-state index is 0.0566. The number of aromatic nitrogens is 2. The number of nitrogen functional groups attached to an aromatic ring is 1. The van der Waals surface area contributed by atoms with Crippen LogP contribution in [0.15, 0.2) is 12.4 Å². The average Bonchev–Trinajstić information content (AvgIpc) is 2.69. The quantitative estimate of drug-likeness (QED) is 0.706. The summed E-state index contributed by atoms with van der Waals surface area (Å²) in [5.74, 6) is 0.935. The second-order valence-electron chi connectivity index (χ2n) is 5.29. The first-order valence-electron chi connectivity index (χ1n) is 7.46. The predicted molar refractivity (Wildman–Crippen MR) is 82.4 cm³/mol. The van der Waals surface area contributed by atoms with Gasteiger partial charge in [-0.15, -0.1) is 0 Å². The molecule has 122 valence electrons. The van der Waals surface area contributed by atoms with Crippen LogP contribution in [0.1, 0.15) is 13.3 Å². The maximum Gasteiger partial charge on any atom is 0.248 e. The van der Waals surface area contributed by atoms with E-state index in [4.69, 9.17) is 10.5 Å². The molecule has 2 heterocycles.